The topological polar surface area (TPSA) is 110 Å². The summed E-state index contributed by atoms with van der Waals surface area (Å²) in [7, 11) is -0.847. The monoisotopic (exact) mass is 800 g/mol. The third-order valence-electron chi connectivity index (χ3n) is 10.8. The Balaban J connectivity index is 1.81. The fourth-order valence-corrected chi connectivity index (χ4v) is 7.46. The Labute approximate surface area is 340 Å². The van der Waals surface area contributed by atoms with Crippen molar-refractivity contribution < 1.29 is 32.7 Å². The minimum absolute atomic E-state index is 0.110. The van der Waals surface area contributed by atoms with Gasteiger partial charge in [-0.05, 0) is 99.3 Å². The van der Waals surface area contributed by atoms with Crippen LogP contribution in [-0.4, -0.2) is 74.0 Å². The lowest BCUT2D eigenvalue weighted by atomic mass is 9.90. The Hall–Kier alpha value is -4.89. The van der Waals surface area contributed by atoms with Gasteiger partial charge in [0.2, 0.25) is 17.7 Å². The summed E-state index contributed by atoms with van der Waals surface area (Å²) in [6, 6.07) is 11.9. The fourth-order valence-electron chi connectivity index (χ4n) is 6.50. The summed E-state index contributed by atoms with van der Waals surface area (Å²) in [6.07, 6.45) is 5.60. The largest absolute Gasteiger partial charge is 0.530 e. The van der Waals surface area contributed by atoms with E-state index < -0.39 is 43.4 Å². The second kappa shape index (κ2) is 17.3. The number of carbonyl (C=O) groups is 3. The number of benzene rings is 2. The number of aryl methyl sites for hydroxylation is 1. The van der Waals surface area contributed by atoms with Gasteiger partial charge in [-0.25, -0.2) is 14.2 Å². The summed E-state index contributed by atoms with van der Waals surface area (Å²) < 4.78 is 32.0. The number of anilines is 1. The van der Waals surface area contributed by atoms with E-state index in [1.54, 1.807) is 50.8 Å². The first kappa shape index (κ1) is 44.8. The molecule has 10 nitrogen and oxygen atoms in total. The molecule has 308 valence electrons. The third kappa shape index (κ3) is 10.9. The molecular weight excluding hydrogens is 740 g/mol. The van der Waals surface area contributed by atoms with E-state index in [0.717, 1.165) is 22.3 Å². The zero-order valence-corrected chi connectivity index (χ0v) is 37.1. The SMILES string of the molecule is C#CCOc1ccc(C[C@H](NC(=O)[C@H](CC)N(C)C(=O)OC(C)(C)C)C(=O)N2CC(C)(C)c3nc(O[Si](C)(C)C(C)(C)C)c(Cc4ccc(F)cc4)cc32)c(C)c1. The molecule has 0 bridgehead atoms. The van der Waals surface area contributed by atoms with Crippen LogP contribution in [0.3, 0.4) is 0 Å². The Kier molecular flexibility index (Phi) is 13.6. The average Bonchev–Trinajstić information content (AvgIpc) is 3.36. The van der Waals surface area contributed by atoms with Crippen LogP contribution >= 0.6 is 0 Å². The van der Waals surface area contributed by atoms with Gasteiger partial charge in [0, 0.05) is 37.4 Å². The molecule has 1 aliphatic rings. The summed E-state index contributed by atoms with van der Waals surface area (Å²) in [5.74, 6) is 2.43. The Morgan fingerprint density at radius 1 is 1.05 bits per heavy atom. The molecule has 3 amide bonds. The number of hydrogen-bond donors (Lipinski definition) is 1. The summed E-state index contributed by atoms with van der Waals surface area (Å²) >= 11 is 0. The van der Waals surface area contributed by atoms with Gasteiger partial charge >= 0.3 is 6.09 Å². The first-order valence-electron chi connectivity index (χ1n) is 19.6. The number of likely N-dealkylation sites (N-methyl/N-ethyl adjacent to an activating group) is 1. The molecule has 0 saturated carbocycles. The second-order valence-electron chi connectivity index (χ2n) is 18.2. The summed E-state index contributed by atoms with van der Waals surface area (Å²) in [6.45, 7) is 24.3. The quantitative estimate of drug-likeness (QED) is 0.136. The predicted molar refractivity (Wildman–Crippen MR) is 226 cm³/mol. The number of pyridine rings is 1. The van der Waals surface area contributed by atoms with E-state index in [1.807, 2.05) is 39.0 Å². The maximum Gasteiger partial charge on any atom is 0.410 e. The number of nitrogens with one attached hydrogen (secondary N) is 1. The molecule has 2 heterocycles. The van der Waals surface area contributed by atoms with Gasteiger partial charge in [0.15, 0.2) is 0 Å². The lowest BCUT2D eigenvalue weighted by molar-refractivity contribution is -0.130. The van der Waals surface area contributed by atoms with Gasteiger partial charge in [0.1, 0.15) is 35.9 Å². The maximum atomic E-state index is 15.1. The number of terminal acetylenes is 1. The molecule has 1 N–H and O–H groups in total. The predicted octanol–water partition coefficient (Wildman–Crippen LogP) is 8.51. The first-order chi connectivity index (χ1) is 26.4. The Morgan fingerprint density at radius 2 is 1.70 bits per heavy atom. The zero-order chi connectivity index (χ0) is 42.7. The first-order valence-corrected chi connectivity index (χ1v) is 22.5. The molecule has 0 radical (unpaired) electrons. The normalized spacial score (nSPS) is 14.9. The molecule has 1 aromatic heterocycles. The minimum atomic E-state index is -2.37. The van der Waals surface area contributed by atoms with Gasteiger partial charge < -0.3 is 24.1 Å². The maximum absolute atomic E-state index is 15.1. The van der Waals surface area contributed by atoms with E-state index in [4.69, 9.17) is 25.3 Å². The number of ether oxygens (including phenoxy) is 2. The molecule has 1 aliphatic heterocycles. The van der Waals surface area contributed by atoms with Gasteiger partial charge in [0.05, 0.1) is 11.4 Å². The summed E-state index contributed by atoms with van der Waals surface area (Å²) in [5.41, 5.74) is 3.30. The van der Waals surface area contributed by atoms with Crippen molar-refractivity contribution in [2.75, 3.05) is 25.1 Å². The highest BCUT2D eigenvalue weighted by molar-refractivity contribution is 6.74. The molecule has 2 atom stereocenters. The molecule has 4 rings (SSSR count). The van der Waals surface area contributed by atoms with Crippen LogP contribution in [0.2, 0.25) is 18.1 Å². The van der Waals surface area contributed by atoms with Crippen LogP contribution in [0.4, 0.5) is 14.9 Å². The number of fused-ring (bicyclic) bond motifs is 1. The van der Waals surface area contributed by atoms with Crippen LogP contribution < -0.4 is 19.4 Å². The van der Waals surface area contributed by atoms with Gasteiger partial charge in [-0.3, -0.25) is 14.5 Å². The standard InChI is InChI=1S/C45H61FN4O6Si/c1-15-23-54-34-22-19-31(29(3)24-34)26-35(47-39(51)36(16-2)49(12)42(53)55-43(4,5)6)41(52)50-28-45(10,11)38-37(50)27-32(25-30-17-20-33(46)21-18-30)40(48-38)56-57(13,14)44(7,8)9/h1,17-22,24,27,35-36H,16,23,25-26,28H2,2-14H3,(H,47,51)/t35-,36-/m0/s1. The van der Waals surface area contributed by atoms with Crippen LogP contribution in [-0.2, 0) is 32.6 Å². The van der Waals surface area contributed by atoms with Crippen molar-refractivity contribution in [2.24, 2.45) is 0 Å². The van der Waals surface area contributed by atoms with Crippen molar-refractivity contribution >= 4 is 31.9 Å². The minimum Gasteiger partial charge on any atom is -0.530 e. The molecule has 0 fully saturated rings. The van der Waals surface area contributed by atoms with Crippen LogP contribution in [0, 0.1) is 25.1 Å². The molecular formula is C45H61FN4O6Si. The number of halogens is 1. The molecule has 0 saturated heterocycles. The van der Waals surface area contributed by atoms with Gasteiger partial charge in [-0.1, -0.05) is 65.7 Å². The number of rotatable bonds is 13. The average molecular weight is 801 g/mol. The van der Waals surface area contributed by atoms with E-state index in [0.29, 0.717) is 36.0 Å². The van der Waals surface area contributed by atoms with Crippen molar-refractivity contribution in [1.29, 1.82) is 0 Å². The second-order valence-corrected chi connectivity index (χ2v) is 22.9. The fraction of sp³-hybridized carbons (Fsp3) is 0.511. The van der Waals surface area contributed by atoms with E-state index in [1.165, 1.54) is 24.1 Å². The lowest BCUT2D eigenvalue weighted by Crippen LogP contribution is -2.56. The van der Waals surface area contributed by atoms with Crippen molar-refractivity contribution in [1.82, 2.24) is 15.2 Å². The highest BCUT2D eigenvalue weighted by Gasteiger charge is 2.45. The van der Waals surface area contributed by atoms with Crippen molar-refractivity contribution in [2.45, 2.75) is 130 Å². The number of aromatic nitrogens is 1. The van der Waals surface area contributed by atoms with Crippen LogP contribution in [0.1, 0.15) is 96.7 Å². The number of hydrogen-bond acceptors (Lipinski definition) is 7. The van der Waals surface area contributed by atoms with Gasteiger partial charge in [-0.15, -0.1) is 6.42 Å². The number of nitrogens with zero attached hydrogens (tertiary/aromatic N) is 3. The molecule has 0 aliphatic carbocycles. The van der Waals surface area contributed by atoms with E-state index in [2.05, 4.69) is 45.1 Å². The number of amides is 3. The van der Waals surface area contributed by atoms with Gasteiger partial charge in [0.25, 0.3) is 8.32 Å². The van der Waals surface area contributed by atoms with Crippen molar-refractivity contribution in [3.05, 3.63) is 82.3 Å². The summed E-state index contributed by atoms with van der Waals surface area (Å²) in [5, 5.41) is 2.92. The smallest absolute Gasteiger partial charge is 0.410 e. The molecule has 3 aromatic rings. The molecule has 0 unspecified atom stereocenters. The van der Waals surface area contributed by atoms with Crippen LogP contribution in [0.15, 0.2) is 48.5 Å². The number of carbonyl (C=O) groups excluding carboxylic acids is 3. The Morgan fingerprint density at radius 3 is 2.26 bits per heavy atom. The van der Waals surface area contributed by atoms with E-state index >= 15 is 4.79 Å². The molecule has 57 heavy (non-hydrogen) atoms. The summed E-state index contributed by atoms with van der Waals surface area (Å²) in [4.78, 5) is 50.5. The molecule has 12 heteroatoms. The van der Waals surface area contributed by atoms with Crippen LogP contribution in [0.25, 0.3) is 0 Å². The molecule has 2 aromatic carbocycles. The highest BCUT2D eigenvalue weighted by Crippen LogP contribution is 2.44. The van der Waals surface area contributed by atoms with Crippen molar-refractivity contribution in [3.8, 4) is 24.0 Å². The highest BCUT2D eigenvalue weighted by atomic mass is 28.4. The molecule has 0 spiro atoms. The third-order valence-corrected chi connectivity index (χ3v) is 15.1. The Bertz CT molecular complexity index is 1990. The van der Waals surface area contributed by atoms with Crippen molar-refractivity contribution in [3.63, 3.8) is 0 Å². The van der Waals surface area contributed by atoms with Crippen LogP contribution in [0.5, 0.6) is 11.6 Å². The van der Waals surface area contributed by atoms with Gasteiger partial charge in [-0.2, -0.15) is 0 Å². The van der Waals surface area contributed by atoms with E-state index in [-0.39, 0.29) is 36.2 Å². The zero-order valence-electron chi connectivity index (χ0n) is 36.1. The lowest BCUT2D eigenvalue weighted by Gasteiger charge is -2.36. The van der Waals surface area contributed by atoms with E-state index in [9.17, 15) is 14.0 Å².